The molecule has 216 valence electrons. The van der Waals surface area contributed by atoms with Gasteiger partial charge in [-0.05, 0) is 48.5 Å². The molecule has 0 N–H and O–H groups in total. The average molecular weight is 657 g/mol. The third-order valence-corrected chi connectivity index (χ3v) is 7.53. The Morgan fingerprint density at radius 2 is 0.415 bits per heavy atom. The van der Waals surface area contributed by atoms with E-state index >= 15 is 0 Å². The van der Waals surface area contributed by atoms with Crippen LogP contribution in [0.3, 0.4) is 0 Å². The first-order valence-corrected chi connectivity index (χ1v) is 16.1. The van der Waals surface area contributed by atoms with Gasteiger partial charge < -0.3 is 18.2 Å². The zero-order valence-corrected chi connectivity index (χ0v) is 24.8. The quantitative estimate of drug-likeness (QED) is 0.227. The van der Waals surface area contributed by atoms with E-state index in [9.17, 15) is 51.9 Å². The molecule has 0 fully saturated rings. The molecule has 0 saturated heterocycles. The van der Waals surface area contributed by atoms with Crippen LogP contribution in [0.5, 0.6) is 0 Å². The molecule has 0 aliphatic rings. The second-order valence-electron chi connectivity index (χ2n) is 7.07. The summed E-state index contributed by atoms with van der Waals surface area (Å²) in [6.07, 6.45) is 0. The summed E-state index contributed by atoms with van der Waals surface area (Å²) in [7, 11) is -17.0. The molecule has 4 rings (SSSR count). The van der Waals surface area contributed by atoms with E-state index in [1.807, 2.05) is 0 Å². The van der Waals surface area contributed by atoms with E-state index in [2.05, 4.69) is 0 Å². The van der Waals surface area contributed by atoms with Crippen LogP contribution >= 0.6 is 0 Å². The van der Waals surface area contributed by atoms with Gasteiger partial charge in [0.25, 0.3) is 0 Å². The fraction of sp³-hybridized carbons (Fsp3) is 0. The van der Waals surface area contributed by atoms with Crippen LogP contribution in [0.15, 0.2) is 141 Å². The fourth-order valence-electron chi connectivity index (χ4n) is 2.35. The topological polar surface area (TPSA) is 229 Å². The summed E-state index contributed by atoms with van der Waals surface area (Å²) in [6.45, 7) is 0. The van der Waals surface area contributed by atoms with Crippen molar-refractivity contribution >= 4 is 51.4 Å². The van der Waals surface area contributed by atoms with Crippen molar-refractivity contribution in [2.45, 2.75) is 19.6 Å². The predicted molar refractivity (Wildman–Crippen MR) is 143 cm³/mol. The van der Waals surface area contributed by atoms with Gasteiger partial charge in [0, 0.05) is 0 Å². The Hall–Kier alpha value is -3.26. The Labute approximate surface area is 243 Å². The molecule has 0 saturated carbocycles. The Kier molecular flexibility index (Phi) is 15.5. The molecule has 0 atom stereocenters. The van der Waals surface area contributed by atoms with Crippen LogP contribution in [0.25, 0.3) is 0 Å². The summed E-state index contributed by atoms with van der Waals surface area (Å²) in [6, 6.07) is 28.8. The van der Waals surface area contributed by atoms with E-state index in [4.69, 9.17) is 0 Å². The van der Waals surface area contributed by atoms with Crippen LogP contribution in [0, 0.1) is 0 Å². The van der Waals surface area contributed by atoms with Crippen LogP contribution < -0.4 is 0 Å². The summed E-state index contributed by atoms with van der Waals surface area (Å²) in [5.74, 6) is 0. The Bertz CT molecular complexity index is 1480. The Morgan fingerprint density at radius 1 is 0.293 bits per heavy atom. The molecule has 0 unspecified atom stereocenters. The fourth-order valence-corrected chi connectivity index (χ4v) is 4.31. The van der Waals surface area contributed by atoms with Crippen molar-refractivity contribution in [2.75, 3.05) is 0 Å². The van der Waals surface area contributed by atoms with Crippen LogP contribution in [0.4, 0.5) is 0 Å². The number of hydrogen-bond donors (Lipinski definition) is 0. The van der Waals surface area contributed by atoms with E-state index in [1.54, 1.807) is 24.3 Å². The molecule has 0 aromatic heterocycles. The summed E-state index contributed by atoms with van der Waals surface area (Å²) in [5.41, 5.74) is 0. The van der Waals surface area contributed by atoms with Gasteiger partial charge in [-0.25, -0.2) is 33.7 Å². The monoisotopic (exact) mass is 656 g/mol. The average Bonchev–Trinajstić information content (AvgIpc) is 2.90. The van der Waals surface area contributed by atoms with Crippen molar-refractivity contribution in [2.24, 2.45) is 0 Å². The zero-order valence-electron chi connectivity index (χ0n) is 20.6. The third-order valence-electron chi connectivity index (χ3n) is 4.13. The second kappa shape index (κ2) is 16.9. The van der Waals surface area contributed by atoms with E-state index < -0.39 is 40.5 Å². The summed E-state index contributed by atoms with van der Waals surface area (Å²) in [5, 5.41) is 0. The largest absolute Gasteiger partial charge is 4.00 e. The van der Waals surface area contributed by atoms with Crippen molar-refractivity contribution in [3.05, 3.63) is 121 Å². The zero-order chi connectivity index (χ0) is 30.5. The number of benzene rings is 4. The summed E-state index contributed by atoms with van der Waals surface area (Å²) in [4.78, 5) is -0.741. The molecule has 12 nitrogen and oxygen atoms in total. The van der Waals surface area contributed by atoms with Crippen molar-refractivity contribution in [3.8, 4) is 0 Å². The molecule has 0 amide bonds. The van der Waals surface area contributed by atoms with Crippen LogP contribution in [0.1, 0.15) is 0 Å². The third kappa shape index (κ3) is 15.9. The van der Waals surface area contributed by atoms with E-state index in [0.717, 1.165) is 0 Å². The van der Waals surface area contributed by atoms with Crippen molar-refractivity contribution < 1.29 is 51.9 Å². The van der Waals surface area contributed by atoms with Crippen molar-refractivity contribution in [1.29, 1.82) is 0 Å². The number of hydrogen-bond acceptors (Lipinski definition) is 12. The molecule has 0 bridgehead atoms. The molecule has 0 spiro atoms. The predicted octanol–water partition coefficient (Wildman–Crippen LogP) is 1.98. The maximum absolute atomic E-state index is 10.3. The van der Waals surface area contributed by atoms with E-state index in [0.29, 0.717) is 0 Å². The molecule has 0 radical (unpaired) electrons. The van der Waals surface area contributed by atoms with Gasteiger partial charge in [-0.3, -0.25) is 0 Å². The molecule has 4 aromatic carbocycles. The van der Waals surface area contributed by atoms with E-state index in [1.165, 1.54) is 97.1 Å². The van der Waals surface area contributed by atoms with Gasteiger partial charge in [-0.1, -0.05) is 72.8 Å². The van der Waals surface area contributed by atoms with Gasteiger partial charge in [0.2, 0.25) is 0 Å². The number of rotatable bonds is 4. The van der Waals surface area contributed by atoms with Crippen LogP contribution in [-0.2, 0) is 40.5 Å². The van der Waals surface area contributed by atoms with Crippen LogP contribution in [-0.4, -0.2) is 62.8 Å². The van der Waals surface area contributed by atoms with E-state index in [-0.39, 0.29) is 30.5 Å². The SMILES string of the molecule is O=S(=O)([O-])c1ccccc1.O=S(=O)([O-])c1ccccc1.O=S(=O)([O-])c1ccccc1.O=S(=O)([O-])c1ccccc1.[Si+4]. The second-order valence-corrected chi connectivity index (χ2v) is 12.6. The molecule has 0 heterocycles. The van der Waals surface area contributed by atoms with Crippen LogP contribution in [0.2, 0.25) is 0 Å². The first kappa shape index (κ1) is 37.7. The Morgan fingerprint density at radius 3 is 0.488 bits per heavy atom. The summed E-state index contributed by atoms with van der Waals surface area (Å²) >= 11 is 0. The van der Waals surface area contributed by atoms with Gasteiger partial charge in [0.05, 0.1) is 19.6 Å². The standard InChI is InChI=1S/4C6H6O3S.Si/c4*7-10(8,9)6-4-2-1-3-5-6;/h4*1-5H,(H,7,8,9);/q;;;;+4/p-4. The molecule has 0 aliphatic carbocycles. The molecule has 0 aliphatic heterocycles. The molecule has 17 heteroatoms. The molecule has 4 aromatic rings. The first-order valence-electron chi connectivity index (χ1n) is 10.5. The van der Waals surface area contributed by atoms with Gasteiger partial charge in [0.1, 0.15) is 40.5 Å². The maximum atomic E-state index is 10.3. The molecular formula is C24H20O12S4Si. The minimum absolute atomic E-state index is 0. The normalized spacial score (nSPS) is 11.0. The smallest absolute Gasteiger partial charge is 0.744 e. The van der Waals surface area contributed by atoms with Gasteiger partial charge in [0.15, 0.2) is 0 Å². The minimum Gasteiger partial charge on any atom is -0.744 e. The maximum Gasteiger partial charge on any atom is 4.00 e. The van der Waals surface area contributed by atoms with Crippen molar-refractivity contribution in [3.63, 3.8) is 0 Å². The molecule has 41 heavy (non-hydrogen) atoms. The Balaban J connectivity index is 0.000000516. The van der Waals surface area contributed by atoms with Gasteiger partial charge >= 0.3 is 11.0 Å². The van der Waals surface area contributed by atoms with Gasteiger partial charge in [-0.2, -0.15) is 0 Å². The summed E-state index contributed by atoms with van der Waals surface area (Å²) < 4.78 is 123. The first-order chi connectivity index (χ1) is 18.4. The molecular weight excluding hydrogens is 637 g/mol. The minimum atomic E-state index is -4.25. The van der Waals surface area contributed by atoms with Crippen molar-refractivity contribution in [1.82, 2.24) is 0 Å². The van der Waals surface area contributed by atoms with Gasteiger partial charge in [-0.15, -0.1) is 0 Å².